The highest BCUT2D eigenvalue weighted by Gasteiger charge is 2.21. The molecule has 1 aliphatic carbocycles. The molecular formula is C17H20ClNO2. The molecule has 2 aromatic rings. The summed E-state index contributed by atoms with van der Waals surface area (Å²) >= 11 is 6.12. The van der Waals surface area contributed by atoms with Gasteiger partial charge in [-0.2, -0.15) is 0 Å². The monoisotopic (exact) mass is 305 g/mol. The Bertz CT molecular complexity index is 632. The molecule has 0 unspecified atom stereocenters. The van der Waals surface area contributed by atoms with Gasteiger partial charge in [-0.25, -0.2) is 0 Å². The number of benzene rings is 1. The van der Waals surface area contributed by atoms with E-state index in [4.69, 9.17) is 20.8 Å². The number of aryl methyl sites for hydroxylation is 2. The van der Waals surface area contributed by atoms with Crippen molar-refractivity contribution >= 4 is 11.6 Å². The molecule has 1 heterocycles. The standard InChI is InChI=1S/C17H20ClNO2/c1-11-3-6-15(18)16(7-11)20-10-14-8-12(2)17(21-14)9-19-13-4-5-13/h3,6-8,13,19H,4-5,9-10H2,1-2H3. The minimum Gasteiger partial charge on any atom is -0.484 e. The normalized spacial score (nSPS) is 14.4. The van der Waals surface area contributed by atoms with Crippen LogP contribution in [-0.2, 0) is 13.2 Å². The lowest BCUT2D eigenvalue weighted by molar-refractivity contribution is 0.265. The van der Waals surface area contributed by atoms with Gasteiger partial charge in [0.1, 0.15) is 23.9 Å². The van der Waals surface area contributed by atoms with E-state index in [-0.39, 0.29) is 0 Å². The summed E-state index contributed by atoms with van der Waals surface area (Å²) in [7, 11) is 0. The lowest BCUT2D eigenvalue weighted by Gasteiger charge is -2.07. The highest BCUT2D eigenvalue weighted by atomic mass is 35.5. The maximum atomic E-state index is 6.12. The quantitative estimate of drug-likeness (QED) is 0.860. The fraction of sp³-hybridized carbons (Fsp3) is 0.412. The van der Waals surface area contributed by atoms with Gasteiger partial charge >= 0.3 is 0 Å². The molecule has 0 aliphatic heterocycles. The van der Waals surface area contributed by atoms with Gasteiger partial charge in [0.15, 0.2) is 0 Å². The first-order chi connectivity index (χ1) is 10.1. The van der Waals surface area contributed by atoms with Crippen molar-refractivity contribution in [1.82, 2.24) is 5.32 Å². The average molecular weight is 306 g/mol. The third-order valence-corrected chi connectivity index (χ3v) is 3.97. The molecule has 1 aromatic heterocycles. The Balaban J connectivity index is 1.61. The minimum atomic E-state index is 0.396. The highest BCUT2D eigenvalue weighted by molar-refractivity contribution is 6.32. The van der Waals surface area contributed by atoms with Gasteiger partial charge in [-0.3, -0.25) is 0 Å². The maximum absolute atomic E-state index is 6.12. The van der Waals surface area contributed by atoms with Gasteiger partial charge in [0, 0.05) is 6.04 Å². The molecule has 21 heavy (non-hydrogen) atoms. The van der Waals surface area contributed by atoms with Gasteiger partial charge in [-0.05, 0) is 56.0 Å². The van der Waals surface area contributed by atoms with Crippen molar-refractivity contribution < 1.29 is 9.15 Å². The molecule has 0 spiro atoms. The number of ether oxygens (including phenoxy) is 1. The zero-order valence-corrected chi connectivity index (χ0v) is 13.2. The fourth-order valence-electron chi connectivity index (χ4n) is 2.23. The summed E-state index contributed by atoms with van der Waals surface area (Å²) in [5.41, 5.74) is 2.29. The summed E-state index contributed by atoms with van der Waals surface area (Å²) in [5, 5.41) is 4.09. The molecule has 1 fully saturated rings. The molecule has 1 N–H and O–H groups in total. The van der Waals surface area contributed by atoms with Crippen LogP contribution >= 0.6 is 11.6 Å². The predicted octanol–water partition coefficient (Wildman–Crippen LogP) is 4.38. The first kappa shape index (κ1) is 14.5. The van der Waals surface area contributed by atoms with Crippen LogP contribution in [0.15, 0.2) is 28.7 Å². The van der Waals surface area contributed by atoms with Crippen molar-refractivity contribution in [3.8, 4) is 5.75 Å². The largest absolute Gasteiger partial charge is 0.484 e. The van der Waals surface area contributed by atoms with Crippen molar-refractivity contribution in [2.75, 3.05) is 0 Å². The molecule has 3 rings (SSSR count). The van der Waals surface area contributed by atoms with Crippen LogP contribution in [0.2, 0.25) is 5.02 Å². The van der Waals surface area contributed by atoms with E-state index in [1.807, 2.05) is 31.2 Å². The van der Waals surface area contributed by atoms with Crippen molar-refractivity contribution in [3.63, 3.8) is 0 Å². The Morgan fingerprint density at radius 1 is 1.29 bits per heavy atom. The summed E-state index contributed by atoms with van der Waals surface area (Å²) in [5.74, 6) is 2.52. The summed E-state index contributed by atoms with van der Waals surface area (Å²) < 4.78 is 11.6. The summed E-state index contributed by atoms with van der Waals surface area (Å²) in [6, 6.07) is 8.47. The summed E-state index contributed by atoms with van der Waals surface area (Å²) in [6.45, 7) is 5.27. The zero-order chi connectivity index (χ0) is 14.8. The second-order valence-corrected chi connectivity index (χ2v) is 6.10. The van der Waals surface area contributed by atoms with Crippen LogP contribution in [0.1, 0.15) is 35.5 Å². The van der Waals surface area contributed by atoms with Crippen LogP contribution < -0.4 is 10.1 Å². The van der Waals surface area contributed by atoms with Crippen molar-refractivity contribution in [3.05, 3.63) is 51.9 Å². The lowest BCUT2D eigenvalue weighted by Crippen LogP contribution is -2.15. The van der Waals surface area contributed by atoms with E-state index in [9.17, 15) is 0 Å². The molecule has 3 nitrogen and oxygen atoms in total. The number of rotatable bonds is 6. The van der Waals surface area contributed by atoms with Gasteiger partial charge < -0.3 is 14.5 Å². The zero-order valence-electron chi connectivity index (χ0n) is 12.4. The third kappa shape index (κ3) is 3.80. The molecule has 0 saturated heterocycles. The van der Waals surface area contributed by atoms with Crippen molar-refractivity contribution in [1.29, 1.82) is 0 Å². The SMILES string of the molecule is Cc1ccc(Cl)c(OCc2cc(C)c(CNC3CC3)o2)c1. The Hall–Kier alpha value is -1.45. The van der Waals surface area contributed by atoms with Crippen LogP contribution in [0.4, 0.5) is 0 Å². The Kier molecular flexibility index (Phi) is 4.22. The van der Waals surface area contributed by atoms with Gasteiger partial charge in [-0.1, -0.05) is 17.7 Å². The van der Waals surface area contributed by atoms with Crippen LogP contribution in [0.3, 0.4) is 0 Å². The van der Waals surface area contributed by atoms with Gasteiger partial charge in [0.2, 0.25) is 0 Å². The first-order valence-electron chi connectivity index (χ1n) is 7.32. The Labute approximate surface area is 130 Å². The van der Waals surface area contributed by atoms with E-state index in [1.165, 1.54) is 12.8 Å². The molecule has 112 valence electrons. The number of nitrogens with one attached hydrogen (secondary N) is 1. The Morgan fingerprint density at radius 2 is 2.10 bits per heavy atom. The average Bonchev–Trinajstić information content (AvgIpc) is 3.21. The molecule has 1 aliphatic rings. The summed E-state index contributed by atoms with van der Waals surface area (Å²) in [4.78, 5) is 0. The third-order valence-electron chi connectivity index (χ3n) is 3.66. The van der Waals surface area contributed by atoms with E-state index in [1.54, 1.807) is 0 Å². The maximum Gasteiger partial charge on any atom is 0.146 e. The van der Waals surface area contributed by atoms with Gasteiger partial charge in [-0.15, -0.1) is 0 Å². The van der Waals surface area contributed by atoms with Crippen molar-refractivity contribution in [2.24, 2.45) is 0 Å². The molecular weight excluding hydrogens is 286 g/mol. The highest BCUT2D eigenvalue weighted by Crippen LogP contribution is 2.27. The van der Waals surface area contributed by atoms with E-state index < -0.39 is 0 Å². The minimum absolute atomic E-state index is 0.396. The second-order valence-electron chi connectivity index (χ2n) is 5.70. The van der Waals surface area contributed by atoms with Gasteiger partial charge in [0.25, 0.3) is 0 Å². The van der Waals surface area contributed by atoms with E-state index in [0.717, 1.165) is 29.2 Å². The molecule has 0 bridgehead atoms. The fourth-order valence-corrected chi connectivity index (χ4v) is 2.40. The van der Waals surface area contributed by atoms with Gasteiger partial charge in [0.05, 0.1) is 11.6 Å². The molecule has 0 radical (unpaired) electrons. The molecule has 4 heteroatoms. The number of hydrogen-bond acceptors (Lipinski definition) is 3. The predicted molar refractivity (Wildman–Crippen MR) is 83.8 cm³/mol. The molecule has 0 amide bonds. The van der Waals surface area contributed by atoms with Crippen LogP contribution in [0, 0.1) is 13.8 Å². The van der Waals surface area contributed by atoms with E-state index in [2.05, 4.69) is 12.2 Å². The van der Waals surface area contributed by atoms with E-state index >= 15 is 0 Å². The smallest absolute Gasteiger partial charge is 0.146 e. The molecule has 0 atom stereocenters. The topological polar surface area (TPSA) is 34.4 Å². The second kappa shape index (κ2) is 6.12. The van der Waals surface area contributed by atoms with Crippen LogP contribution in [0.5, 0.6) is 5.75 Å². The number of halogens is 1. The number of hydrogen-bond donors (Lipinski definition) is 1. The summed E-state index contributed by atoms with van der Waals surface area (Å²) in [6.07, 6.45) is 2.56. The molecule has 1 saturated carbocycles. The van der Waals surface area contributed by atoms with E-state index in [0.29, 0.717) is 23.4 Å². The number of furan rings is 1. The Morgan fingerprint density at radius 3 is 2.86 bits per heavy atom. The van der Waals surface area contributed by atoms with Crippen molar-refractivity contribution in [2.45, 2.75) is 45.9 Å². The van der Waals surface area contributed by atoms with Crippen LogP contribution in [-0.4, -0.2) is 6.04 Å². The lowest BCUT2D eigenvalue weighted by atomic mass is 10.2. The van der Waals surface area contributed by atoms with Crippen LogP contribution in [0.25, 0.3) is 0 Å². The molecule has 1 aromatic carbocycles. The first-order valence-corrected chi connectivity index (χ1v) is 7.70.